The number of nitrogens with two attached hydrogens (primary N) is 2. The molecule has 416 valence electrons. The maximum absolute atomic E-state index is 11.9. The number of hydrogen-bond donors (Lipinski definition) is 4. The molecule has 0 unspecified atom stereocenters. The zero-order valence-corrected chi connectivity index (χ0v) is 49.0. The van der Waals surface area contributed by atoms with Gasteiger partial charge in [0.1, 0.15) is 17.0 Å². The number of halogens is 3. The van der Waals surface area contributed by atoms with Crippen molar-refractivity contribution in [3.8, 4) is 0 Å². The second-order valence-corrected chi connectivity index (χ2v) is 23.5. The van der Waals surface area contributed by atoms with E-state index in [2.05, 4.69) is 135 Å². The van der Waals surface area contributed by atoms with Crippen molar-refractivity contribution in [3.63, 3.8) is 0 Å². The number of ether oxygens (including phenoxy) is 2. The van der Waals surface area contributed by atoms with Crippen molar-refractivity contribution in [2.24, 2.45) is 41.1 Å². The Hall–Kier alpha value is -3.80. The summed E-state index contributed by atoms with van der Waals surface area (Å²) in [7, 11) is 0. The predicted octanol–water partition coefficient (Wildman–Crippen LogP) is 13.7. The largest absolute Gasteiger partial charge is 0.460 e. The minimum Gasteiger partial charge on any atom is -0.460 e. The Morgan fingerprint density at radius 2 is 0.853 bits per heavy atom. The summed E-state index contributed by atoms with van der Waals surface area (Å²) in [6.07, 6.45) is 20.7. The molecule has 75 heavy (non-hydrogen) atoms. The third kappa shape index (κ3) is 23.4. The van der Waals surface area contributed by atoms with Gasteiger partial charge in [-0.15, -0.1) is 37.2 Å². The Labute approximate surface area is 470 Å². The lowest BCUT2D eigenvalue weighted by molar-refractivity contribution is -0.158. The molecule has 0 heterocycles. The van der Waals surface area contributed by atoms with Crippen LogP contribution in [-0.4, -0.2) is 65.2 Å². The summed E-state index contributed by atoms with van der Waals surface area (Å²) in [5, 5.41) is 7.55. The molecular formula is C63H93Cl3N4O5. The van der Waals surface area contributed by atoms with Crippen LogP contribution in [-0.2, 0) is 23.9 Å². The summed E-state index contributed by atoms with van der Waals surface area (Å²) in [4.78, 5) is 33.8. The van der Waals surface area contributed by atoms with Crippen molar-refractivity contribution in [2.75, 3.05) is 0 Å². The van der Waals surface area contributed by atoms with Crippen LogP contribution in [0.2, 0.25) is 0 Å². The number of ketones is 1. The van der Waals surface area contributed by atoms with Gasteiger partial charge in [0, 0.05) is 61.9 Å². The van der Waals surface area contributed by atoms with Crippen molar-refractivity contribution in [1.29, 1.82) is 0 Å². The van der Waals surface area contributed by atoms with Crippen LogP contribution in [0.3, 0.4) is 0 Å². The molecule has 9 rings (SSSR count). The average Bonchev–Trinajstić information content (AvgIpc) is 4.24. The Kier molecular flexibility index (Phi) is 27.0. The molecule has 0 spiro atoms. The number of Topliss-reactive ketones (excluding diaryl/α,β-unsaturated/α-hetero) is 1. The van der Waals surface area contributed by atoms with Crippen molar-refractivity contribution < 1.29 is 23.9 Å². The number of esters is 2. The molecule has 3 aromatic rings. The molecule has 6 aliphatic carbocycles. The van der Waals surface area contributed by atoms with Crippen LogP contribution in [0.1, 0.15) is 169 Å². The maximum Gasteiger partial charge on any atom is 0.306 e. The number of carbonyl (C=O) groups is 3. The quantitative estimate of drug-likeness (QED) is 0.0971. The lowest BCUT2D eigenvalue weighted by Gasteiger charge is -2.36. The highest BCUT2D eigenvalue weighted by Crippen LogP contribution is 2.43. The molecule has 6 saturated carbocycles. The average molecular weight is 1090 g/mol. The molecule has 0 aliphatic heterocycles. The van der Waals surface area contributed by atoms with E-state index < -0.39 is 5.60 Å². The molecule has 3 aromatic carbocycles. The summed E-state index contributed by atoms with van der Waals surface area (Å²) >= 11 is 0. The lowest BCUT2D eigenvalue weighted by atomic mass is 9.78. The fourth-order valence-corrected chi connectivity index (χ4v) is 10.3. The van der Waals surface area contributed by atoms with Crippen molar-refractivity contribution in [1.82, 2.24) is 10.6 Å². The summed E-state index contributed by atoms with van der Waals surface area (Å²) in [6.45, 7) is 18.0. The van der Waals surface area contributed by atoms with Crippen LogP contribution in [0.4, 0.5) is 0 Å². The van der Waals surface area contributed by atoms with Gasteiger partial charge in [-0.05, 0) is 152 Å². The first-order valence-corrected chi connectivity index (χ1v) is 27.5. The number of benzene rings is 3. The molecular weight excluding hydrogens is 999 g/mol. The van der Waals surface area contributed by atoms with E-state index in [1.54, 1.807) is 11.1 Å². The lowest BCUT2D eigenvalue weighted by Crippen LogP contribution is -2.49. The van der Waals surface area contributed by atoms with Gasteiger partial charge in [-0.1, -0.05) is 147 Å². The zero-order valence-electron chi connectivity index (χ0n) is 46.6. The second-order valence-electron chi connectivity index (χ2n) is 23.5. The number of carbonyl (C=O) groups excluding carboxylic acids is 3. The van der Waals surface area contributed by atoms with Gasteiger partial charge in [0.25, 0.3) is 0 Å². The van der Waals surface area contributed by atoms with Crippen LogP contribution >= 0.6 is 37.2 Å². The molecule has 9 nitrogen and oxygen atoms in total. The Morgan fingerprint density at radius 1 is 0.520 bits per heavy atom. The smallest absolute Gasteiger partial charge is 0.306 e. The minimum absolute atomic E-state index is 0. The second kappa shape index (κ2) is 31.0. The molecule has 12 heteroatoms. The van der Waals surface area contributed by atoms with Gasteiger partial charge in [-0.3, -0.25) is 14.4 Å². The van der Waals surface area contributed by atoms with Crippen LogP contribution in [0.15, 0.2) is 108 Å². The van der Waals surface area contributed by atoms with Gasteiger partial charge in [-0.2, -0.15) is 0 Å². The molecule has 6 N–H and O–H groups in total. The Bertz CT molecular complexity index is 2280. The van der Waals surface area contributed by atoms with Gasteiger partial charge in [0.05, 0.1) is 0 Å². The molecule has 0 aromatic heterocycles. The van der Waals surface area contributed by atoms with E-state index in [4.69, 9.17) is 20.9 Å². The Morgan fingerprint density at radius 3 is 1.16 bits per heavy atom. The molecule has 0 radical (unpaired) electrons. The monoisotopic (exact) mass is 1090 g/mol. The predicted molar refractivity (Wildman–Crippen MR) is 318 cm³/mol. The molecule has 6 fully saturated rings. The normalized spacial score (nSPS) is 26.5. The fraction of sp³-hybridized carbons (Fsp3) is 0.571. The van der Waals surface area contributed by atoms with Crippen molar-refractivity contribution >= 4 is 73.2 Å². The number of hydrogen-bond acceptors (Lipinski definition) is 9. The molecule has 6 aliphatic rings. The first-order valence-electron chi connectivity index (χ1n) is 27.5. The van der Waals surface area contributed by atoms with Gasteiger partial charge in [0.15, 0.2) is 0 Å². The van der Waals surface area contributed by atoms with Crippen molar-refractivity contribution in [3.05, 3.63) is 124 Å². The zero-order chi connectivity index (χ0) is 52.0. The first kappa shape index (κ1) is 65.5. The molecule has 6 atom stereocenters. The summed E-state index contributed by atoms with van der Waals surface area (Å²) in [5.41, 5.74) is 19.5. The van der Waals surface area contributed by atoms with E-state index in [0.717, 1.165) is 50.9 Å². The first-order chi connectivity index (χ1) is 34.3. The highest BCUT2D eigenvalue weighted by atomic mass is 35.5. The van der Waals surface area contributed by atoms with E-state index in [-0.39, 0.29) is 66.5 Å². The third-order valence-corrected chi connectivity index (χ3v) is 14.6. The fourth-order valence-electron chi connectivity index (χ4n) is 10.3. The summed E-state index contributed by atoms with van der Waals surface area (Å²) in [6, 6.07) is 35.2. The van der Waals surface area contributed by atoms with Gasteiger partial charge in [0.2, 0.25) is 0 Å². The van der Waals surface area contributed by atoms with Crippen LogP contribution in [0.5, 0.6) is 0 Å². The minimum atomic E-state index is -0.412. The number of nitrogens with one attached hydrogen (secondary N) is 2. The van der Waals surface area contributed by atoms with E-state index in [9.17, 15) is 14.4 Å². The van der Waals surface area contributed by atoms with Gasteiger partial charge < -0.3 is 31.6 Å². The highest BCUT2D eigenvalue weighted by Gasteiger charge is 2.44. The van der Waals surface area contributed by atoms with Gasteiger partial charge >= 0.3 is 11.9 Å². The van der Waals surface area contributed by atoms with Crippen LogP contribution in [0.25, 0.3) is 18.2 Å². The molecule has 0 amide bonds. The SMILES string of the molecule is CC(C)(C)OC(=O)CC1CC(=O)C1.CC/C(=C\c1ccccc1)[C@@H]1C[C@H]1N.CC/C(=C\c1ccccc1)[C@@H]1C[C@H]1NC1CC(CC(=O)OC(C)(C)C)C1.CC/C(=C\c1ccccc1)[C@@H]1C[C@H]1NC1CC(N)C1.Cl.Cl.Cl. The van der Waals surface area contributed by atoms with Crippen LogP contribution < -0.4 is 22.1 Å². The molecule has 0 saturated heterocycles. The Balaban J connectivity index is 0.000000270. The van der Waals surface area contributed by atoms with Crippen LogP contribution in [0, 0.1) is 29.6 Å². The third-order valence-electron chi connectivity index (χ3n) is 14.6. The summed E-state index contributed by atoms with van der Waals surface area (Å²) < 4.78 is 10.6. The van der Waals surface area contributed by atoms with Crippen molar-refractivity contribution in [2.45, 2.75) is 200 Å². The standard InChI is InChI=1S/C23H33NO2.C17H24N2.C13H17N.C10H16O3.3ClH/c1-5-18(11-16-9-7-6-8-10-16)20-15-21(20)24-19-12-17(13-19)14-22(25)26-23(2,3)4;1-2-13(8-12-6-4-3-5-7-12)16-11-17(16)19-15-9-14(18)10-15;1-2-11(12-9-13(12)14)8-10-6-4-3-5-7-10;1-10(2,3)13-9(12)6-7-4-8(11)5-7;;;/h6-11,17,19-21,24H,5,12-15H2,1-4H3;3-8,14-17,19H,2,9-11,18H2,1H3;3-8,12-13H,2,9,14H2,1H3;7H,4-6H2,1-3H3;3*1H/b18-11+;13-8+;11-8+;;;;/t17?,19?,20-,21+;14?,15?,16-,17+;12-,13+;;;;/m000..../s1. The van der Waals surface area contributed by atoms with Gasteiger partial charge in [-0.25, -0.2) is 0 Å². The van der Waals surface area contributed by atoms with E-state index >= 15 is 0 Å². The maximum atomic E-state index is 11.9. The molecule has 0 bridgehead atoms. The van der Waals surface area contributed by atoms with E-state index in [1.165, 1.54) is 41.5 Å². The topological polar surface area (TPSA) is 146 Å². The van der Waals surface area contributed by atoms with E-state index in [1.807, 2.05) is 47.6 Å². The van der Waals surface area contributed by atoms with E-state index in [0.29, 0.717) is 79.7 Å². The number of rotatable bonds is 17. The summed E-state index contributed by atoms with van der Waals surface area (Å²) in [5.74, 6) is 2.84. The highest BCUT2D eigenvalue weighted by molar-refractivity contribution is 5.86.